The maximum Gasteiger partial charge on any atom is 0.251 e. The predicted molar refractivity (Wildman–Crippen MR) is 120 cm³/mol. The zero-order valence-electron chi connectivity index (χ0n) is 17.3. The number of hydrogen-bond acceptors (Lipinski definition) is 4. The average molecular weight is 418 g/mol. The topological polar surface area (TPSA) is 76.7 Å². The summed E-state index contributed by atoms with van der Waals surface area (Å²) in [6.07, 6.45) is 2.41. The van der Waals surface area contributed by atoms with Gasteiger partial charge in [0.2, 0.25) is 5.91 Å². The summed E-state index contributed by atoms with van der Waals surface area (Å²) in [6.45, 7) is 1.56. The zero-order chi connectivity index (χ0) is 21.5. The summed E-state index contributed by atoms with van der Waals surface area (Å²) in [5, 5.41) is 7.74. The first kappa shape index (κ1) is 20.9. The number of carbonyl (C=O) groups is 2. The van der Waals surface area contributed by atoms with Gasteiger partial charge < -0.3 is 20.1 Å². The van der Waals surface area contributed by atoms with Gasteiger partial charge >= 0.3 is 0 Å². The minimum atomic E-state index is -0.192. The number of ether oxygens (including phenoxy) is 2. The molecule has 31 heavy (non-hydrogen) atoms. The van der Waals surface area contributed by atoms with Crippen molar-refractivity contribution in [3.63, 3.8) is 0 Å². The zero-order valence-corrected chi connectivity index (χ0v) is 17.3. The molecule has 0 spiro atoms. The van der Waals surface area contributed by atoms with Gasteiger partial charge in [0.1, 0.15) is 12.4 Å². The van der Waals surface area contributed by atoms with Crippen molar-refractivity contribution in [3.8, 4) is 5.75 Å². The molecule has 1 atom stereocenters. The highest BCUT2D eigenvalue weighted by Crippen LogP contribution is 2.20. The Labute approximate surface area is 181 Å². The fourth-order valence-corrected chi connectivity index (χ4v) is 3.57. The number of benzene rings is 3. The number of amides is 2. The molecule has 1 saturated heterocycles. The Morgan fingerprint density at radius 2 is 1.87 bits per heavy atom. The third-order valence-electron chi connectivity index (χ3n) is 5.23. The van der Waals surface area contributed by atoms with E-state index in [4.69, 9.17) is 9.47 Å². The van der Waals surface area contributed by atoms with Crippen LogP contribution < -0.4 is 15.4 Å². The SMILES string of the molecule is O=C(CCNC(=O)c1ccc2ccccc2c1)Nc1cccc(OCC2CCCO2)c1. The van der Waals surface area contributed by atoms with Crippen molar-refractivity contribution in [3.05, 3.63) is 72.3 Å². The highest BCUT2D eigenvalue weighted by Gasteiger charge is 2.16. The van der Waals surface area contributed by atoms with Crippen molar-refractivity contribution < 1.29 is 19.1 Å². The first-order valence-corrected chi connectivity index (χ1v) is 10.6. The molecule has 2 amide bonds. The van der Waals surface area contributed by atoms with E-state index >= 15 is 0 Å². The van der Waals surface area contributed by atoms with Crippen LogP contribution in [0.15, 0.2) is 66.7 Å². The molecule has 3 aromatic carbocycles. The van der Waals surface area contributed by atoms with Gasteiger partial charge in [-0.15, -0.1) is 0 Å². The van der Waals surface area contributed by atoms with E-state index in [0.29, 0.717) is 23.6 Å². The fraction of sp³-hybridized carbons (Fsp3) is 0.280. The van der Waals surface area contributed by atoms with Crippen LogP contribution in [0.5, 0.6) is 5.75 Å². The van der Waals surface area contributed by atoms with Gasteiger partial charge in [0.15, 0.2) is 0 Å². The van der Waals surface area contributed by atoms with Gasteiger partial charge in [-0.3, -0.25) is 9.59 Å². The third kappa shape index (κ3) is 5.83. The number of nitrogens with one attached hydrogen (secondary N) is 2. The molecule has 1 heterocycles. The molecule has 6 nitrogen and oxygen atoms in total. The largest absolute Gasteiger partial charge is 0.491 e. The van der Waals surface area contributed by atoms with E-state index in [2.05, 4.69) is 10.6 Å². The summed E-state index contributed by atoms with van der Waals surface area (Å²) in [4.78, 5) is 24.6. The lowest BCUT2D eigenvalue weighted by Gasteiger charge is -2.12. The monoisotopic (exact) mass is 418 g/mol. The lowest BCUT2D eigenvalue weighted by Crippen LogP contribution is -2.27. The van der Waals surface area contributed by atoms with Gasteiger partial charge in [-0.1, -0.05) is 36.4 Å². The fourth-order valence-electron chi connectivity index (χ4n) is 3.57. The molecule has 2 N–H and O–H groups in total. The van der Waals surface area contributed by atoms with E-state index < -0.39 is 0 Å². The second-order valence-electron chi connectivity index (χ2n) is 7.59. The van der Waals surface area contributed by atoms with Crippen LogP contribution >= 0.6 is 0 Å². The van der Waals surface area contributed by atoms with Gasteiger partial charge in [0, 0.05) is 36.9 Å². The van der Waals surface area contributed by atoms with Crippen molar-refractivity contribution in [2.45, 2.75) is 25.4 Å². The van der Waals surface area contributed by atoms with Gasteiger partial charge in [0.05, 0.1) is 6.10 Å². The van der Waals surface area contributed by atoms with Crippen molar-refractivity contribution in [2.75, 3.05) is 25.1 Å². The number of fused-ring (bicyclic) bond motifs is 1. The Hall–Kier alpha value is -3.38. The summed E-state index contributed by atoms with van der Waals surface area (Å²) in [7, 11) is 0. The van der Waals surface area contributed by atoms with Crippen LogP contribution in [0, 0.1) is 0 Å². The van der Waals surface area contributed by atoms with Crippen LogP contribution in [-0.4, -0.2) is 37.7 Å². The molecule has 1 aliphatic heterocycles. The molecule has 3 aromatic rings. The van der Waals surface area contributed by atoms with Gasteiger partial charge in [-0.2, -0.15) is 0 Å². The summed E-state index contributed by atoms with van der Waals surface area (Å²) in [5.74, 6) is 0.330. The predicted octanol–water partition coefficient (Wildman–Crippen LogP) is 4.16. The van der Waals surface area contributed by atoms with Crippen LogP contribution in [0.4, 0.5) is 5.69 Å². The Balaban J connectivity index is 1.23. The molecule has 1 unspecified atom stereocenters. The lowest BCUT2D eigenvalue weighted by molar-refractivity contribution is -0.116. The standard InChI is InChI=1S/C25H26N2O4/c28-24(27-21-7-3-8-22(16-21)31-17-23-9-4-14-30-23)12-13-26-25(29)20-11-10-18-5-1-2-6-19(18)15-20/h1-3,5-8,10-11,15-16,23H,4,9,12-14,17H2,(H,26,29)(H,27,28). The summed E-state index contributed by atoms with van der Waals surface area (Å²) in [5.41, 5.74) is 1.24. The molecular weight excluding hydrogens is 392 g/mol. The molecular formula is C25H26N2O4. The number of rotatable bonds is 8. The molecule has 6 heteroatoms. The van der Waals surface area contributed by atoms with E-state index in [0.717, 1.165) is 30.2 Å². The Kier molecular flexibility index (Phi) is 6.79. The molecule has 4 rings (SSSR count). The number of carbonyl (C=O) groups excluding carboxylic acids is 2. The van der Waals surface area contributed by atoms with E-state index in [1.54, 1.807) is 12.1 Å². The minimum absolute atomic E-state index is 0.143. The maximum atomic E-state index is 12.4. The summed E-state index contributed by atoms with van der Waals surface area (Å²) >= 11 is 0. The van der Waals surface area contributed by atoms with Crippen LogP contribution in [0.2, 0.25) is 0 Å². The van der Waals surface area contributed by atoms with Gasteiger partial charge in [-0.05, 0) is 47.9 Å². The maximum absolute atomic E-state index is 12.4. The van der Waals surface area contributed by atoms with Crippen LogP contribution in [-0.2, 0) is 9.53 Å². The van der Waals surface area contributed by atoms with Crippen LogP contribution in [0.3, 0.4) is 0 Å². The molecule has 0 radical (unpaired) electrons. The van der Waals surface area contributed by atoms with E-state index in [1.807, 2.05) is 54.6 Å². The van der Waals surface area contributed by atoms with Crippen molar-refractivity contribution in [2.24, 2.45) is 0 Å². The molecule has 1 fully saturated rings. The van der Waals surface area contributed by atoms with E-state index in [9.17, 15) is 9.59 Å². The second kappa shape index (κ2) is 10.1. The molecule has 0 aromatic heterocycles. The van der Waals surface area contributed by atoms with Crippen molar-refractivity contribution in [1.29, 1.82) is 0 Å². The Morgan fingerprint density at radius 1 is 1.00 bits per heavy atom. The van der Waals surface area contributed by atoms with Crippen LogP contribution in [0.1, 0.15) is 29.6 Å². The second-order valence-corrected chi connectivity index (χ2v) is 7.59. The summed E-state index contributed by atoms with van der Waals surface area (Å²) in [6, 6.07) is 20.7. The first-order valence-electron chi connectivity index (χ1n) is 10.6. The smallest absolute Gasteiger partial charge is 0.251 e. The van der Waals surface area contributed by atoms with E-state index in [1.165, 1.54) is 0 Å². The van der Waals surface area contributed by atoms with Crippen molar-refractivity contribution >= 4 is 28.3 Å². The highest BCUT2D eigenvalue weighted by molar-refractivity contribution is 5.99. The Morgan fingerprint density at radius 3 is 2.71 bits per heavy atom. The first-order chi connectivity index (χ1) is 15.2. The minimum Gasteiger partial charge on any atom is -0.491 e. The normalized spacial score (nSPS) is 15.5. The lowest BCUT2D eigenvalue weighted by atomic mass is 10.1. The van der Waals surface area contributed by atoms with Gasteiger partial charge in [-0.25, -0.2) is 0 Å². The summed E-state index contributed by atoms with van der Waals surface area (Å²) < 4.78 is 11.3. The molecule has 1 aliphatic rings. The number of anilines is 1. The Bertz CT molecular complexity index is 1060. The molecule has 160 valence electrons. The third-order valence-corrected chi connectivity index (χ3v) is 5.23. The average Bonchev–Trinajstić information content (AvgIpc) is 3.31. The van der Waals surface area contributed by atoms with E-state index in [-0.39, 0.29) is 30.9 Å². The van der Waals surface area contributed by atoms with Crippen LogP contribution in [0.25, 0.3) is 10.8 Å². The molecule has 0 bridgehead atoms. The number of hydrogen-bond donors (Lipinski definition) is 2. The van der Waals surface area contributed by atoms with Crippen molar-refractivity contribution in [1.82, 2.24) is 5.32 Å². The van der Waals surface area contributed by atoms with Gasteiger partial charge in [0.25, 0.3) is 5.91 Å². The molecule has 0 saturated carbocycles. The molecule has 0 aliphatic carbocycles. The highest BCUT2D eigenvalue weighted by atomic mass is 16.5. The quantitative estimate of drug-likeness (QED) is 0.576.